The zero-order valence-electron chi connectivity index (χ0n) is 20.6. The second-order valence-corrected chi connectivity index (χ2v) is 15.5. The Bertz CT molecular complexity index is 1530. The van der Waals surface area contributed by atoms with Crippen molar-refractivity contribution in [3.8, 4) is 5.88 Å². The summed E-state index contributed by atoms with van der Waals surface area (Å²) in [5.74, 6) is -0.756. The van der Waals surface area contributed by atoms with Gasteiger partial charge in [-0.25, -0.2) is 28.8 Å². The van der Waals surface area contributed by atoms with E-state index in [4.69, 9.17) is 22.8 Å². The molecule has 4 heterocycles. The van der Waals surface area contributed by atoms with Gasteiger partial charge in [0.2, 0.25) is 5.88 Å². The molecule has 216 valence electrons. The van der Waals surface area contributed by atoms with Crippen molar-refractivity contribution in [2.45, 2.75) is 49.7 Å². The van der Waals surface area contributed by atoms with Crippen LogP contribution in [0.15, 0.2) is 29.7 Å². The molecule has 2 N–H and O–H groups in total. The highest BCUT2D eigenvalue weighted by molar-refractivity contribution is 8.44. The lowest BCUT2D eigenvalue weighted by atomic mass is 10.1. The van der Waals surface area contributed by atoms with E-state index in [0.29, 0.717) is 18.7 Å². The van der Waals surface area contributed by atoms with Crippen LogP contribution in [0.25, 0.3) is 11.2 Å². The maximum Gasteiger partial charge on any atom is 0.386 e. The largest absolute Gasteiger partial charge is 0.474 e. The molecule has 1 saturated heterocycles. The Morgan fingerprint density at radius 2 is 1.85 bits per heavy atom. The van der Waals surface area contributed by atoms with Crippen LogP contribution in [0.3, 0.4) is 0 Å². The van der Waals surface area contributed by atoms with Crippen LogP contribution < -0.4 is 10.3 Å². The van der Waals surface area contributed by atoms with Crippen LogP contribution in [0.2, 0.25) is 0 Å². The van der Waals surface area contributed by atoms with E-state index in [-0.39, 0.29) is 36.9 Å². The lowest BCUT2D eigenvalue weighted by molar-refractivity contribution is 0.00533. The number of aromatic nitrogens is 7. The number of nitrogens with one attached hydrogen (secondary N) is 1. The number of rotatable bonds is 3. The summed E-state index contributed by atoms with van der Waals surface area (Å²) < 4.78 is 56.8. The Morgan fingerprint density at radius 1 is 1.07 bits per heavy atom. The van der Waals surface area contributed by atoms with E-state index in [2.05, 4.69) is 54.7 Å². The molecule has 9 atom stereocenters. The SMILES string of the molecule is O=c1[nH]cnc2c1nnn2[C@@H]1C[C@@H]2CO[P@](=O)(S)O[C@H]3C[C@H](Oc4ccncn4)C[C@@H]3CO[P@](=O)(S)O[C@@H]1[C@@H]2O. The fourth-order valence-electron chi connectivity index (χ4n) is 5.34. The minimum atomic E-state index is -4.07. The van der Waals surface area contributed by atoms with Gasteiger partial charge in [-0.3, -0.25) is 13.8 Å². The maximum absolute atomic E-state index is 13.4. The summed E-state index contributed by atoms with van der Waals surface area (Å²) in [6.07, 6.45) is 1.45. The fraction of sp³-hybridized carbons (Fsp3) is 0.600. The Hall–Kier alpha value is -1.88. The van der Waals surface area contributed by atoms with Crippen LogP contribution >= 0.6 is 38.1 Å². The molecule has 0 radical (unpaired) electrons. The van der Waals surface area contributed by atoms with E-state index in [1.807, 2.05) is 0 Å². The van der Waals surface area contributed by atoms with Crippen molar-refractivity contribution < 1.29 is 37.1 Å². The zero-order chi connectivity index (χ0) is 28.1. The second kappa shape index (κ2) is 11.1. The molecule has 0 amide bonds. The van der Waals surface area contributed by atoms with E-state index in [9.17, 15) is 19.0 Å². The highest BCUT2D eigenvalue weighted by atomic mass is 32.7. The van der Waals surface area contributed by atoms with Gasteiger partial charge in [-0.1, -0.05) is 29.7 Å². The first-order chi connectivity index (χ1) is 19.1. The van der Waals surface area contributed by atoms with Crippen molar-refractivity contribution in [3.05, 3.63) is 35.3 Å². The first-order valence-corrected chi connectivity index (χ1v) is 17.7. The molecule has 2 aliphatic carbocycles. The van der Waals surface area contributed by atoms with Gasteiger partial charge in [-0.05, 0) is 12.8 Å². The molecule has 2 bridgehead atoms. The number of aromatic amines is 1. The summed E-state index contributed by atoms with van der Waals surface area (Å²) in [5, 5.41) is 19.1. The molecule has 40 heavy (non-hydrogen) atoms. The lowest BCUT2D eigenvalue weighted by Gasteiger charge is -2.26. The molecule has 3 aliphatic rings. The van der Waals surface area contributed by atoms with Crippen LogP contribution in [0.4, 0.5) is 0 Å². The summed E-state index contributed by atoms with van der Waals surface area (Å²) in [4.78, 5) is 26.6. The van der Waals surface area contributed by atoms with Crippen molar-refractivity contribution >= 4 is 49.3 Å². The van der Waals surface area contributed by atoms with E-state index in [1.54, 1.807) is 12.3 Å². The predicted octanol–water partition coefficient (Wildman–Crippen LogP) is 1.98. The highest BCUT2D eigenvalue weighted by Gasteiger charge is 2.50. The van der Waals surface area contributed by atoms with Gasteiger partial charge in [-0.2, -0.15) is 0 Å². The molecular formula is C20H25N7O9P2S2. The molecule has 0 unspecified atom stereocenters. The van der Waals surface area contributed by atoms with Crippen LogP contribution in [0.5, 0.6) is 5.88 Å². The minimum absolute atomic E-state index is 0.0191. The van der Waals surface area contributed by atoms with Crippen LogP contribution in [-0.4, -0.2) is 77.7 Å². The van der Waals surface area contributed by atoms with Gasteiger partial charge in [0.25, 0.3) is 5.56 Å². The molecule has 3 fully saturated rings. The van der Waals surface area contributed by atoms with Crippen LogP contribution in [0, 0.1) is 11.8 Å². The molecule has 6 rings (SSSR count). The van der Waals surface area contributed by atoms with E-state index < -0.39 is 55.3 Å². The smallest absolute Gasteiger partial charge is 0.386 e. The topological polar surface area (TPSA) is 203 Å². The van der Waals surface area contributed by atoms with Gasteiger partial charge in [0.1, 0.15) is 18.5 Å². The first kappa shape index (κ1) is 28.2. The van der Waals surface area contributed by atoms with Gasteiger partial charge < -0.3 is 23.9 Å². The molecular weight excluding hydrogens is 608 g/mol. The quantitative estimate of drug-likeness (QED) is 0.241. The predicted molar refractivity (Wildman–Crippen MR) is 143 cm³/mol. The number of fused-ring (bicyclic) bond motifs is 4. The third kappa shape index (κ3) is 5.87. The molecule has 1 aliphatic heterocycles. The number of aliphatic hydroxyl groups excluding tert-OH is 1. The number of nitrogens with zero attached hydrogens (tertiary/aromatic N) is 6. The van der Waals surface area contributed by atoms with E-state index >= 15 is 0 Å². The molecule has 2 saturated carbocycles. The van der Waals surface area contributed by atoms with Crippen LogP contribution in [-0.2, 0) is 27.2 Å². The van der Waals surface area contributed by atoms with Gasteiger partial charge in [0, 0.05) is 30.5 Å². The average Bonchev–Trinajstić information content (AvgIpc) is 3.58. The Labute approximate surface area is 236 Å². The Kier molecular flexibility index (Phi) is 7.82. The third-order valence-electron chi connectivity index (χ3n) is 7.18. The molecule has 3 aromatic heterocycles. The standard InChI is InChI=1S/C20H25N7O9P2S2/c28-17-11-4-13(27-19-16(25-26-27)20(29)24-9-23-19)18(17)36-38(31,40)32-6-10-3-12(34-15-1-2-21-8-22-15)5-14(10)35-37(30,39)33-7-11/h1-2,8-14,17-18,28H,3-7H2,(H,30,39)(H,31,40)(H,23,24,29)/t10-,11-,12-,13-,14+,17-,18+,37+,38+/m1/s1. The normalized spacial score (nSPS) is 38.7. The van der Waals surface area contributed by atoms with Crippen molar-refractivity contribution in [2.24, 2.45) is 11.8 Å². The number of hydrogen-bond donors (Lipinski definition) is 4. The lowest BCUT2D eigenvalue weighted by Crippen LogP contribution is -2.33. The Balaban J connectivity index is 1.27. The van der Waals surface area contributed by atoms with Crippen molar-refractivity contribution in [2.75, 3.05) is 13.2 Å². The Morgan fingerprint density at radius 3 is 2.62 bits per heavy atom. The minimum Gasteiger partial charge on any atom is -0.474 e. The number of thiol groups is 2. The van der Waals surface area contributed by atoms with Gasteiger partial charge in [0.05, 0.1) is 37.8 Å². The van der Waals surface area contributed by atoms with E-state index in [0.717, 1.165) is 0 Å². The summed E-state index contributed by atoms with van der Waals surface area (Å²) in [5.41, 5.74) is -0.382. The number of hydrogen-bond acceptors (Lipinski definition) is 14. The highest BCUT2D eigenvalue weighted by Crippen LogP contribution is 2.61. The average molecular weight is 634 g/mol. The third-order valence-corrected chi connectivity index (χ3v) is 10.4. The van der Waals surface area contributed by atoms with Crippen molar-refractivity contribution in [1.29, 1.82) is 0 Å². The molecule has 3 aromatic rings. The second-order valence-electron chi connectivity index (χ2n) is 9.75. The van der Waals surface area contributed by atoms with Crippen LogP contribution in [0.1, 0.15) is 25.3 Å². The molecule has 16 nitrogen and oxygen atoms in total. The first-order valence-electron chi connectivity index (χ1n) is 12.3. The van der Waals surface area contributed by atoms with Crippen molar-refractivity contribution in [1.82, 2.24) is 34.9 Å². The maximum atomic E-state index is 13.4. The molecule has 0 aromatic carbocycles. The van der Waals surface area contributed by atoms with Gasteiger partial charge in [-0.15, -0.1) is 5.10 Å². The zero-order valence-corrected chi connectivity index (χ0v) is 24.1. The molecule has 20 heteroatoms. The summed E-state index contributed by atoms with van der Waals surface area (Å²) >= 11 is 8.33. The summed E-state index contributed by atoms with van der Waals surface area (Å²) in [6, 6.07) is 0.815. The number of aliphatic hydroxyl groups is 1. The van der Waals surface area contributed by atoms with Gasteiger partial charge >= 0.3 is 13.6 Å². The van der Waals surface area contributed by atoms with E-state index in [1.165, 1.54) is 17.3 Å². The summed E-state index contributed by atoms with van der Waals surface area (Å²) in [6.45, 7) is -8.37. The fourth-order valence-corrected chi connectivity index (χ4v) is 8.48. The monoisotopic (exact) mass is 633 g/mol. The summed E-state index contributed by atoms with van der Waals surface area (Å²) in [7, 11) is 0. The number of H-pyrrole nitrogens is 1. The number of ether oxygens (including phenoxy) is 1. The molecule has 0 spiro atoms. The van der Waals surface area contributed by atoms with Crippen molar-refractivity contribution in [3.63, 3.8) is 0 Å². The van der Waals surface area contributed by atoms with Gasteiger partial charge in [0.15, 0.2) is 11.2 Å².